The number of ether oxygens (including phenoxy) is 8. The second kappa shape index (κ2) is 19.0. The van der Waals surface area contributed by atoms with Crippen molar-refractivity contribution >= 4 is 23.7 Å². The molecule has 0 radical (unpaired) electrons. The number of esters is 2. The highest BCUT2D eigenvalue weighted by atomic mass is 32.2. The maximum absolute atomic E-state index is 11.7. The van der Waals surface area contributed by atoms with E-state index in [0.717, 1.165) is 16.7 Å². The number of carbonyl (C=O) groups excluding carboxylic acids is 2. The Balaban J connectivity index is 1.38. The number of hydrogen-bond acceptors (Lipinski definition) is 11. The Bertz CT molecular complexity index is 1460. The monoisotopic (exact) mass is 692 g/mol. The maximum atomic E-state index is 11.7. The van der Waals surface area contributed by atoms with E-state index in [-0.39, 0.29) is 6.61 Å². The van der Waals surface area contributed by atoms with E-state index in [1.54, 1.807) is 13.2 Å². The van der Waals surface area contributed by atoms with Gasteiger partial charge in [0.25, 0.3) is 0 Å². The lowest BCUT2D eigenvalue weighted by molar-refractivity contribution is -0.313. The summed E-state index contributed by atoms with van der Waals surface area (Å²) < 4.78 is 49.2. The van der Waals surface area contributed by atoms with Crippen molar-refractivity contribution in [2.75, 3.05) is 19.5 Å². The largest absolute Gasteiger partial charge is 0.463 e. The van der Waals surface area contributed by atoms with E-state index >= 15 is 0 Å². The zero-order valence-corrected chi connectivity index (χ0v) is 28.8. The molecule has 0 aromatic heterocycles. The summed E-state index contributed by atoms with van der Waals surface area (Å²) in [6, 6.07) is 29.8. The first-order chi connectivity index (χ1) is 23.9. The summed E-state index contributed by atoms with van der Waals surface area (Å²) in [6.45, 7) is 3.59. The van der Waals surface area contributed by atoms with Gasteiger partial charge in [-0.3, -0.25) is 9.59 Å². The molecule has 2 heterocycles. The van der Waals surface area contributed by atoms with Crippen LogP contribution in [0.1, 0.15) is 30.5 Å². The molecular weight excluding hydrogens is 648 g/mol. The Labute approximate surface area is 291 Å². The van der Waals surface area contributed by atoms with Crippen molar-refractivity contribution < 1.29 is 47.5 Å². The van der Waals surface area contributed by atoms with Gasteiger partial charge in [0.1, 0.15) is 42.6 Å². The Morgan fingerprint density at radius 2 is 1.18 bits per heavy atom. The fourth-order valence-electron chi connectivity index (χ4n) is 5.61. The topological polar surface area (TPSA) is 108 Å². The quantitative estimate of drug-likeness (QED) is 0.138. The first-order valence-electron chi connectivity index (χ1n) is 16.3. The minimum absolute atomic E-state index is 0.0565. The van der Waals surface area contributed by atoms with Crippen molar-refractivity contribution in [1.29, 1.82) is 0 Å². The van der Waals surface area contributed by atoms with E-state index in [0.29, 0.717) is 25.6 Å². The van der Waals surface area contributed by atoms with Gasteiger partial charge >= 0.3 is 11.9 Å². The van der Waals surface area contributed by atoms with Crippen LogP contribution in [-0.4, -0.2) is 79.8 Å². The van der Waals surface area contributed by atoms with Crippen LogP contribution in [0.5, 0.6) is 0 Å². The summed E-state index contributed by atoms with van der Waals surface area (Å²) in [7, 11) is 1.59. The summed E-state index contributed by atoms with van der Waals surface area (Å²) in [4.78, 5) is 23.3. The SMILES string of the molecule is CO[C@H]1O[C@H](CS[C@@H]2C=C[C@@H](OC(C)=O)[C@@H](COC(C)=O)O2)[C@@H](OCc2ccccc2)[C@H](OCc2ccccc2)[C@H]1OCc1ccccc1. The third-order valence-electron chi connectivity index (χ3n) is 7.99. The van der Waals surface area contributed by atoms with Crippen LogP contribution >= 0.6 is 11.8 Å². The number of thioether (sulfide) groups is 1. The molecule has 5 rings (SSSR count). The zero-order valence-electron chi connectivity index (χ0n) is 28.0. The standard InChI is InChI=1S/C38H44O10S/c1-26(39)42-24-32-31(46-27(2)40)19-20-34(47-32)49-25-33-35(43-21-28-13-7-4-8-14-28)36(44-22-29-15-9-5-10-16-29)37(38(41-3)48-33)45-23-30-17-11-6-12-18-30/h4-20,31-38H,21-25H2,1-3H3/t31-,32-,33-,34-,35-,36+,37-,38+/m1/s1. The van der Waals surface area contributed by atoms with Crippen molar-refractivity contribution in [3.63, 3.8) is 0 Å². The van der Waals surface area contributed by atoms with E-state index < -0.39 is 60.3 Å². The van der Waals surface area contributed by atoms with Gasteiger partial charge < -0.3 is 37.9 Å². The van der Waals surface area contributed by atoms with Crippen LogP contribution in [0, 0.1) is 0 Å². The molecule has 0 saturated carbocycles. The van der Waals surface area contributed by atoms with E-state index in [2.05, 4.69) is 0 Å². The van der Waals surface area contributed by atoms with Gasteiger partial charge in [0.05, 0.1) is 25.9 Å². The smallest absolute Gasteiger partial charge is 0.303 e. The highest BCUT2D eigenvalue weighted by Gasteiger charge is 2.49. The summed E-state index contributed by atoms with van der Waals surface area (Å²) >= 11 is 1.48. The Morgan fingerprint density at radius 3 is 1.69 bits per heavy atom. The molecule has 0 unspecified atom stereocenters. The van der Waals surface area contributed by atoms with E-state index in [1.165, 1.54) is 25.6 Å². The van der Waals surface area contributed by atoms with Gasteiger partial charge in [0.2, 0.25) is 0 Å². The molecule has 8 atom stereocenters. The third-order valence-corrected chi connectivity index (χ3v) is 9.11. The van der Waals surface area contributed by atoms with Crippen molar-refractivity contribution in [2.24, 2.45) is 0 Å². The van der Waals surface area contributed by atoms with Crippen LogP contribution < -0.4 is 0 Å². The number of benzene rings is 3. The summed E-state index contributed by atoms with van der Waals surface area (Å²) in [5.74, 6) is -0.472. The van der Waals surface area contributed by atoms with Crippen molar-refractivity contribution in [3.8, 4) is 0 Å². The second-order valence-electron chi connectivity index (χ2n) is 11.7. The molecule has 1 saturated heterocycles. The summed E-state index contributed by atoms with van der Waals surface area (Å²) in [5.41, 5.74) is 2.59. The van der Waals surface area contributed by atoms with Gasteiger partial charge in [0.15, 0.2) is 6.29 Å². The molecular formula is C38H44O10S. The Hall–Kier alpha value is -3.55. The van der Waals surface area contributed by atoms with Gasteiger partial charge in [-0.15, -0.1) is 11.8 Å². The average molecular weight is 693 g/mol. The van der Waals surface area contributed by atoms with Crippen LogP contribution in [0.15, 0.2) is 103 Å². The first-order valence-corrected chi connectivity index (χ1v) is 17.3. The van der Waals surface area contributed by atoms with Gasteiger partial charge in [-0.05, 0) is 28.8 Å². The minimum atomic E-state index is -0.750. The lowest BCUT2D eigenvalue weighted by atomic mass is 9.98. The zero-order chi connectivity index (χ0) is 34.4. The summed E-state index contributed by atoms with van der Waals surface area (Å²) in [5, 5.41) is 0. The van der Waals surface area contributed by atoms with E-state index in [1.807, 2.05) is 97.1 Å². The average Bonchev–Trinajstić information content (AvgIpc) is 3.12. The molecule has 2 aliphatic heterocycles. The van der Waals surface area contributed by atoms with Crippen molar-refractivity contribution in [3.05, 3.63) is 120 Å². The van der Waals surface area contributed by atoms with E-state index in [4.69, 9.17) is 37.9 Å². The molecule has 3 aromatic rings. The number of hydrogen-bond donors (Lipinski definition) is 0. The molecule has 0 spiro atoms. The number of rotatable bonds is 16. The molecule has 0 N–H and O–H groups in total. The van der Waals surface area contributed by atoms with Gasteiger partial charge in [-0.1, -0.05) is 91.0 Å². The number of methoxy groups -OCH3 is 1. The van der Waals surface area contributed by atoms with Crippen molar-refractivity contribution in [2.45, 2.75) is 82.0 Å². The maximum Gasteiger partial charge on any atom is 0.303 e. The normalized spacial score (nSPS) is 26.6. The minimum Gasteiger partial charge on any atom is -0.463 e. The van der Waals surface area contributed by atoms with Gasteiger partial charge in [-0.25, -0.2) is 0 Å². The molecule has 0 amide bonds. The molecule has 11 heteroatoms. The van der Waals surface area contributed by atoms with Crippen LogP contribution in [0.4, 0.5) is 0 Å². The second-order valence-corrected chi connectivity index (χ2v) is 12.8. The van der Waals surface area contributed by atoms with Crippen molar-refractivity contribution in [1.82, 2.24) is 0 Å². The lowest BCUT2D eigenvalue weighted by Crippen LogP contribution is -2.61. The Morgan fingerprint density at radius 1 is 0.653 bits per heavy atom. The first kappa shape index (κ1) is 36.7. The molecule has 10 nitrogen and oxygen atoms in total. The van der Waals surface area contributed by atoms with Crippen LogP contribution in [0.2, 0.25) is 0 Å². The van der Waals surface area contributed by atoms with Crippen LogP contribution in [0.25, 0.3) is 0 Å². The van der Waals surface area contributed by atoms with Gasteiger partial charge in [0, 0.05) is 26.7 Å². The molecule has 1 fully saturated rings. The molecule has 3 aromatic carbocycles. The predicted molar refractivity (Wildman–Crippen MR) is 183 cm³/mol. The fraction of sp³-hybridized carbons (Fsp3) is 0.421. The fourth-order valence-corrected chi connectivity index (χ4v) is 6.68. The highest BCUT2D eigenvalue weighted by Crippen LogP contribution is 2.34. The lowest BCUT2D eigenvalue weighted by Gasteiger charge is -2.46. The molecule has 2 aliphatic rings. The number of carbonyl (C=O) groups is 2. The highest BCUT2D eigenvalue weighted by molar-refractivity contribution is 7.99. The Kier molecular flexibility index (Phi) is 14.2. The molecule has 0 aliphatic carbocycles. The predicted octanol–water partition coefficient (Wildman–Crippen LogP) is 5.62. The third kappa shape index (κ3) is 11.2. The summed E-state index contributed by atoms with van der Waals surface area (Å²) in [6.07, 6.45) is -0.737. The van der Waals surface area contributed by atoms with Gasteiger partial charge in [-0.2, -0.15) is 0 Å². The molecule has 262 valence electrons. The van der Waals surface area contributed by atoms with Crippen LogP contribution in [-0.2, 0) is 67.3 Å². The van der Waals surface area contributed by atoms with E-state index in [9.17, 15) is 9.59 Å². The van der Waals surface area contributed by atoms with Crippen LogP contribution in [0.3, 0.4) is 0 Å². The molecule has 0 bridgehead atoms. The molecule has 49 heavy (non-hydrogen) atoms.